The van der Waals surface area contributed by atoms with Crippen LogP contribution in [-0.4, -0.2) is 24.1 Å². The summed E-state index contributed by atoms with van der Waals surface area (Å²) in [5.41, 5.74) is 15.3. The summed E-state index contributed by atoms with van der Waals surface area (Å²) in [4.78, 5) is 15.8. The summed E-state index contributed by atoms with van der Waals surface area (Å²) in [5, 5.41) is 25.4. The average molecular weight is 918 g/mol. The van der Waals surface area contributed by atoms with E-state index in [1.54, 1.807) is 0 Å². The standard InChI is InChI=1S/C65H39N7/c66-40-42-15-14-22-48(35-42)52-32-31-51(72-60-26-13-11-24-54(60)57-37-47(29-34-62(57)72)44-18-6-2-7-19-44)39-58(52)65-69-63(45-20-8-3-9-21-45)68-64(70-65)55-38-50(30-27-49(55)41-67)71-59-25-12-10-23-53(59)56-36-46(28-33-61(56)71)43-16-4-1-5-17-43/h1-39H. The predicted octanol–water partition coefficient (Wildman–Crippen LogP) is 15.8. The van der Waals surface area contributed by atoms with Gasteiger partial charge in [-0.05, 0) is 112 Å². The van der Waals surface area contributed by atoms with Crippen LogP contribution in [0, 0.1) is 22.7 Å². The fourth-order valence-electron chi connectivity index (χ4n) is 10.3. The Labute approximate surface area is 415 Å². The van der Waals surface area contributed by atoms with Crippen molar-refractivity contribution in [1.82, 2.24) is 24.1 Å². The maximum absolute atomic E-state index is 10.8. The number of hydrogen-bond donors (Lipinski definition) is 0. The molecule has 3 heterocycles. The van der Waals surface area contributed by atoms with Gasteiger partial charge in [-0.2, -0.15) is 10.5 Å². The lowest BCUT2D eigenvalue weighted by Crippen LogP contribution is -2.04. The predicted molar refractivity (Wildman–Crippen MR) is 291 cm³/mol. The first-order chi connectivity index (χ1) is 35.6. The van der Waals surface area contributed by atoms with Gasteiger partial charge in [0.15, 0.2) is 17.5 Å². The van der Waals surface area contributed by atoms with E-state index in [0.717, 1.165) is 99.5 Å². The molecule has 72 heavy (non-hydrogen) atoms. The van der Waals surface area contributed by atoms with E-state index in [4.69, 9.17) is 15.0 Å². The zero-order valence-electron chi connectivity index (χ0n) is 38.6. The number of nitrogens with zero attached hydrogens (tertiary/aromatic N) is 7. The van der Waals surface area contributed by atoms with Gasteiger partial charge in [-0.1, -0.05) is 158 Å². The monoisotopic (exact) mass is 917 g/mol. The molecule has 7 heteroatoms. The second kappa shape index (κ2) is 17.4. The van der Waals surface area contributed by atoms with Gasteiger partial charge >= 0.3 is 0 Å². The van der Waals surface area contributed by atoms with E-state index in [1.807, 2.05) is 84.9 Å². The minimum atomic E-state index is 0.358. The first-order valence-corrected chi connectivity index (χ1v) is 23.8. The third kappa shape index (κ3) is 7.17. The summed E-state index contributed by atoms with van der Waals surface area (Å²) in [6.07, 6.45) is 0. The van der Waals surface area contributed by atoms with Gasteiger partial charge in [-0.3, -0.25) is 0 Å². The molecule has 0 amide bonds. The SMILES string of the molecule is N#Cc1cccc(-c2ccc(-n3c4ccccc4c4cc(-c5ccccc5)ccc43)cc2-c2nc(-c3ccccc3)nc(-c3cc(-n4c5ccccc5c5cc(-c6ccccc6)ccc54)ccc3C#N)n2)c1. The van der Waals surface area contributed by atoms with Crippen LogP contribution in [0.2, 0.25) is 0 Å². The van der Waals surface area contributed by atoms with E-state index in [9.17, 15) is 10.5 Å². The van der Waals surface area contributed by atoms with Crippen molar-refractivity contribution in [2.75, 3.05) is 0 Å². The highest BCUT2D eigenvalue weighted by molar-refractivity contribution is 6.12. The van der Waals surface area contributed by atoms with Gasteiger partial charge in [0.1, 0.15) is 0 Å². The molecule has 0 bridgehead atoms. The molecule has 0 N–H and O–H groups in total. The lowest BCUT2D eigenvalue weighted by Gasteiger charge is -2.16. The molecule has 13 aromatic rings. The maximum atomic E-state index is 10.8. The van der Waals surface area contributed by atoms with Crippen LogP contribution >= 0.6 is 0 Å². The lowest BCUT2D eigenvalue weighted by molar-refractivity contribution is 1.07. The van der Waals surface area contributed by atoms with E-state index in [-0.39, 0.29) is 0 Å². The van der Waals surface area contributed by atoms with Gasteiger partial charge in [0, 0.05) is 49.6 Å². The van der Waals surface area contributed by atoms with Crippen LogP contribution in [0.5, 0.6) is 0 Å². The molecule has 10 aromatic carbocycles. The topological polar surface area (TPSA) is 96.1 Å². The number of fused-ring (bicyclic) bond motifs is 6. The molecule has 0 spiro atoms. The summed E-state index contributed by atoms with van der Waals surface area (Å²) < 4.78 is 4.55. The quantitative estimate of drug-likeness (QED) is 0.151. The largest absolute Gasteiger partial charge is 0.309 e. The molecule has 334 valence electrons. The molecular weight excluding hydrogens is 879 g/mol. The third-order valence-electron chi connectivity index (χ3n) is 13.7. The zero-order valence-corrected chi connectivity index (χ0v) is 38.6. The minimum Gasteiger partial charge on any atom is -0.309 e. The molecular formula is C65H39N7. The Hall–Kier alpha value is -10.2. The summed E-state index contributed by atoms with van der Waals surface area (Å²) in [6.45, 7) is 0. The zero-order chi connectivity index (χ0) is 48.1. The van der Waals surface area contributed by atoms with Gasteiger partial charge in [-0.25, -0.2) is 15.0 Å². The molecule has 0 aliphatic heterocycles. The molecule has 0 atom stereocenters. The Kier molecular flexibility index (Phi) is 10.1. The van der Waals surface area contributed by atoms with Crippen LogP contribution < -0.4 is 0 Å². The van der Waals surface area contributed by atoms with Crippen molar-refractivity contribution >= 4 is 43.6 Å². The molecule has 0 saturated carbocycles. The Bertz CT molecular complexity index is 4350. The van der Waals surface area contributed by atoms with E-state index in [0.29, 0.717) is 34.2 Å². The molecule has 0 saturated heterocycles. The van der Waals surface area contributed by atoms with Crippen molar-refractivity contribution in [1.29, 1.82) is 10.5 Å². The molecule has 0 aliphatic rings. The van der Waals surface area contributed by atoms with Gasteiger partial charge in [0.2, 0.25) is 0 Å². The Balaban J connectivity index is 1.04. The molecule has 0 radical (unpaired) electrons. The smallest absolute Gasteiger partial charge is 0.165 e. The van der Waals surface area contributed by atoms with Crippen LogP contribution in [-0.2, 0) is 0 Å². The fourth-order valence-corrected chi connectivity index (χ4v) is 10.3. The van der Waals surface area contributed by atoms with Crippen molar-refractivity contribution in [2.24, 2.45) is 0 Å². The van der Waals surface area contributed by atoms with E-state index in [2.05, 4.69) is 173 Å². The normalized spacial score (nSPS) is 11.3. The highest BCUT2D eigenvalue weighted by Crippen LogP contribution is 2.41. The van der Waals surface area contributed by atoms with E-state index < -0.39 is 0 Å². The first-order valence-electron chi connectivity index (χ1n) is 23.8. The third-order valence-corrected chi connectivity index (χ3v) is 13.7. The first kappa shape index (κ1) is 41.9. The van der Waals surface area contributed by atoms with Crippen molar-refractivity contribution in [3.63, 3.8) is 0 Å². The molecule has 7 nitrogen and oxygen atoms in total. The van der Waals surface area contributed by atoms with Crippen LogP contribution in [0.15, 0.2) is 237 Å². The summed E-state index contributed by atoms with van der Waals surface area (Å²) >= 11 is 0. The number of hydrogen-bond acceptors (Lipinski definition) is 5. The number of para-hydroxylation sites is 2. The number of benzene rings is 10. The number of nitriles is 2. The maximum Gasteiger partial charge on any atom is 0.165 e. The van der Waals surface area contributed by atoms with E-state index in [1.165, 1.54) is 0 Å². The van der Waals surface area contributed by atoms with Gasteiger partial charge in [0.25, 0.3) is 0 Å². The molecule has 13 rings (SSSR count). The lowest BCUT2D eigenvalue weighted by atomic mass is 9.96. The summed E-state index contributed by atoms with van der Waals surface area (Å²) in [6, 6.07) is 85.6. The molecule has 0 fully saturated rings. The van der Waals surface area contributed by atoms with Crippen LogP contribution in [0.1, 0.15) is 11.1 Å². The highest BCUT2D eigenvalue weighted by atomic mass is 15.0. The van der Waals surface area contributed by atoms with Crippen molar-refractivity contribution in [3.8, 4) is 91.1 Å². The Morgan fingerprint density at radius 1 is 0.292 bits per heavy atom. The molecule has 3 aromatic heterocycles. The van der Waals surface area contributed by atoms with Crippen LogP contribution in [0.25, 0.3) is 123 Å². The second-order valence-corrected chi connectivity index (χ2v) is 17.8. The van der Waals surface area contributed by atoms with Gasteiger partial charge in [-0.15, -0.1) is 0 Å². The molecule has 0 unspecified atom stereocenters. The van der Waals surface area contributed by atoms with Crippen LogP contribution in [0.4, 0.5) is 0 Å². The fraction of sp³-hybridized carbons (Fsp3) is 0. The molecule has 0 aliphatic carbocycles. The Morgan fingerprint density at radius 3 is 1.33 bits per heavy atom. The van der Waals surface area contributed by atoms with Crippen molar-refractivity contribution < 1.29 is 0 Å². The van der Waals surface area contributed by atoms with E-state index >= 15 is 0 Å². The minimum absolute atomic E-state index is 0.358. The van der Waals surface area contributed by atoms with Gasteiger partial charge < -0.3 is 9.13 Å². The number of rotatable bonds is 8. The van der Waals surface area contributed by atoms with Crippen molar-refractivity contribution in [3.05, 3.63) is 248 Å². The average Bonchev–Trinajstić information content (AvgIpc) is 3.97. The van der Waals surface area contributed by atoms with Crippen molar-refractivity contribution in [2.45, 2.75) is 0 Å². The van der Waals surface area contributed by atoms with Gasteiger partial charge in [0.05, 0.1) is 45.3 Å². The van der Waals surface area contributed by atoms with Crippen LogP contribution in [0.3, 0.4) is 0 Å². The second-order valence-electron chi connectivity index (χ2n) is 17.8. The number of aromatic nitrogens is 5. The summed E-state index contributed by atoms with van der Waals surface area (Å²) in [7, 11) is 0. The summed E-state index contributed by atoms with van der Waals surface area (Å²) in [5.74, 6) is 1.24. The Morgan fingerprint density at radius 2 is 0.764 bits per heavy atom. The highest BCUT2D eigenvalue weighted by Gasteiger charge is 2.22.